The maximum absolute atomic E-state index is 14.4. The number of hydrogen-bond acceptors (Lipinski definition) is 4. The quantitative estimate of drug-likeness (QED) is 0.378. The first kappa shape index (κ1) is 23.3. The molecule has 1 aromatic heterocycles. The molecule has 9 heteroatoms. The fourth-order valence-corrected chi connectivity index (χ4v) is 4.88. The predicted molar refractivity (Wildman–Crippen MR) is 136 cm³/mol. The number of rotatable bonds is 4. The Morgan fingerprint density at radius 3 is 2.65 bits per heavy atom. The highest BCUT2D eigenvalue weighted by molar-refractivity contribution is 6.34. The summed E-state index contributed by atoms with van der Waals surface area (Å²) < 4.78 is 15.7. The lowest BCUT2D eigenvalue weighted by Crippen LogP contribution is -2.26. The van der Waals surface area contributed by atoms with Crippen LogP contribution in [0.3, 0.4) is 0 Å². The zero-order valence-electron chi connectivity index (χ0n) is 17.9. The number of nitrogens with two attached hydrogens (primary N) is 1. The Hall–Kier alpha value is -2.48. The first-order chi connectivity index (χ1) is 16.3. The van der Waals surface area contributed by atoms with E-state index in [1.165, 1.54) is 16.7 Å². The standard InChI is InChI=1S/C25H20Cl3FN4O/c26-15-4-6-18-22(10-15)31-24(33(25(18)34)17-5-7-20(27)21(29)11-17)19-3-1-2-14(23(19)28)12-32-9-8-16(30)13-32/h1-7,10-11,16H,8-9,12-13,30H2. The van der Waals surface area contributed by atoms with E-state index < -0.39 is 5.82 Å². The summed E-state index contributed by atoms with van der Waals surface area (Å²) in [6.45, 7) is 2.31. The summed E-state index contributed by atoms with van der Waals surface area (Å²) in [4.78, 5) is 20.6. The molecule has 1 fully saturated rings. The Balaban J connectivity index is 1.73. The van der Waals surface area contributed by atoms with Crippen molar-refractivity contribution in [2.45, 2.75) is 19.0 Å². The zero-order chi connectivity index (χ0) is 24.0. The van der Waals surface area contributed by atoms with Crippen molar-refractivity contribution >= 4 is 45.7 Å². The van der Waals surface area contributed by atoms with Crippen molar-refractivity contribution in [2.24, 2.45) is 5.73 Å². The van der Waals surface area contributed by atoms with Crippen LogP contribution in [-0.4, -0.2) is 33.6 Å². The van der Waals surface area contributed by atoms with E-state index in [4.69, 9.17) is 45.5 Å². The van der Waals surface area contributed by atoms with Crippen molar-refractivity contribution in [1.82, 2.24) is 14.5 Å². The lowest BCUT2D eigenvalue weighted by Gasteiger charge is -2.19. The van der Waals surface area contributed by atoms with Crippen molar-refractivity contribution in [3.8, 4) is 17.1 Å². The van der Waals surface area contributed by atoms with Crippen molar-refractivity contribution in [2.75, 3.05) is 13.1 Å². The summed E-state index contributed by atoms with van der Waals surface area (Å²) >= 11 is 18.9. The molecule has 5 rings (SSSR count). The average molecular weight is 518 g/mol. The Morgan fingerprint density at radius 2 is 1.91 bits per heavy atom. The fourth-order valence-electron chi connectivity index (χ4n) is 4.32. The van der Waals surface area contributed by atoms with Gasteiger partial charge in [0.25, 0.3) is 5.56 Å². The zero-order valence-corrected chi connectivity index (χ0v) is 20.2. The molecule has 0 aliphatic carbocycles. The van der Waals surface area contributed by atoms with Gasteiger partial charge >= 0.3 is 0 Å². The highest BCUT2D eigenvalue weighted by atomic mass is 35.5. The van der Waals surface area contributed by atoms with Crippen LogP contribution in [0.25, 0.3) is 28.0 Å². The minimum absolute atomic E-state index is 0.0391. The predicted octanol–water partition coefficient (Wildman–Crippen LogP) is 5.69. The molecular formula is C25H20Cl3FN4O. The third-order valence-electron chi connectivity index (χ3n) is 6.02. The van der Waals surface area contributed by atoms with Gasteiger partial charge in [-0.3, -0.25) is 14.3 Å². The van der Waals surface area contributed by atoms with Crippen LogP contribution in [-0.2, 0) is 6.54 Å². The highest BCUT2D eigenvalue weighted by Crippen LogP contribution is 2.33. The van der Waals surface area contributed by atoms with E-state index in [9.17, 15) is 9.18 Å². The lowest BCUT2D eigenvalue weighted by molar-refractivity contribution is 0.327. The Kier molecular flexibility index (Phi) is 6.35. The van der Waals surface area contributed by atoms with E-state index in [1.54, 1.807) is 30.3 Å². The van der Waals surface area contributed by atoms with Crippen LogP contribution in [0.1, 0.15) is 12.0 Å². The number of halogens is 4. The minimum Gasteiger partial charge on any atom is -0.326 e. The van der Waals surface area contributed by atoms with Crippen LogP contribution in [0.2, 0.25) is 15.1 Å². The van der Waals surface area contributed by atoms with E-state index in [0.717, 1.165) is 25.1 Å². The summed E-state index contributed by atoms with van der Waals surface area (Å²) in [6.07, 6.45) is 0.936. The second-order valence-electron chi connectivity index (χ2n) is 8.40. The van der Waals surface area contributed by atoms with Gasteiger partial charge in [-0.25, -0.2) is 9.37 Å². The Labute approximate surface area is 210 Å². The Bertz CT molecular complexity index is 1470. The van der Waals surface area contributed by atoms with E-state index in [0.29, 0.717) is 38.7 Å². The summed E-state index contributed by atoms with van der Waals surface area (Å²) in [5.41, 5.74) is 7.84. The number of benzene rings is 3. The molecule has 1 unspecified atom stereocenters. The molecule has 0 amide bonds. The molecule has 1 aliphatic rings. The topological polar surface area (TPSA) is 64.2 Å². The molecule has 2 N–H and O–H groups in total. The maximum Gasteiger partial charge on any atom is 0.266 e. The van der Waals surface area contributed by atoms with E-state index in [-0.39, 0.29) is 22.4 Å². The van der Waals surface area contributed by atoms with Crippen molar-refractivity contribution in [3.63, 3.8) is 0 Å². The number of hydrogen-bond donors (Lipinski definition) is 1. The molecule has 34 heavy (non-hydrogen) atoms. The smallest absolute Gasteiger partial charge is 0.266 e. The molecule has 0 spiro atoms. The molecule has 174 valence electrons. The second-order valence-corrected chi connectivity index (χ2v) is 9.62. The number of likely N-dealkylation sites (tertiary alicyclic amines) is 1. The number of aromatic nitrogens is 2. The molecule has 1 atom stereocenters. The average Bonchev–Trinajstić information content (AvgIpc) is 3.21. The van der Waals surface area contributed by atoms with Gasteiger partial charge in [-0.1, -0.05) is 46.9 Å². The molecular weight excluding hydrogens is 498 g/mol. The van der Waals surface area contributed by atoms with Crippen molar-refractivity contribution in [3.05, 3.63) is 91.4 Å². The van der Waals surface area contributed by atoms with Gasteiger partial charge in [0.1, 0.15) is 11.6 Å². The fraction of sp³-hybridized carbons (Fsp3) is 0.200. The lowest BCUT2D eigenvalue weighted by atomic mass is 10.1. The molecule has 0 bridgehead atoms. The van der Waals surface area contributed by atoms with E-state index >= 15 is 0 Å². The normalized spacial score (nSPS) is 16.4. The van der Waals surface area contributed by atoms with Crippen LogP contribution in [0.15, 0.2) is 59.4 Å². The van der Waals surface area contributed by atoms with Crippen molar-refractivity contribution in [1.29, 1.82) is 0 Å². The SMILES string of the molecule is NC1CCN(Cc2cccc(-c3nc4cc(Cl)ccc4c(=O)n3-c3ccc(Cl)c(F)c3)c2Cl)C1. The molecule has 4 aromatic rings. The van der Waals surface area contributed by atoms with Crippen LogP contribution in [0.4, 0.5) is 4.39 Å². The first-order valence-corrected chi connectivity index (χ1v) is 11.9. The van der Waals surface area contributed by atoms with Crippen LogP contribution in [0.5, 0.6) is 0 Å². The van der Waals surface area contributed by atoms with Gasteiger partial charge in [0, 0.05) is 36.3 Å². The highest BCUT2D eigenvalue weighted by Gasteiger charge is 2.22. The van der Waals surface area contributed by atoms with Gasteiger partial charge in [-0.2, -0.15) is 0 Å². The molecule has 5 nitrogen and oxygen atoms in total. The van der Waals surface area contributed by atoms with Gasteiger partial charge in [0.05, 0.1) is 26.6 Å². The van der Waals surface area contributed by atoms with Gasteiger partial charge in [0.15, 0.2) is 0 Å². The molecule has 1 saturated heterocycles. The van der Waals surface area contributed by atoms with E-state index in [2.05, 4.69) is 4.90 Å². The first-order valence-electron chi connectivity index (χ1n) is 10.8. The summed E-state index contributed by atoms with van der Waals surface area (Å²) in [5, 5.41) is 1.23. The van der Waals surface area contributed by atoms with Crippen LogP contribution in [0, 0.1) is 5.82 Å². The number of fused-ring (bicyclic) bond motifs is 1. The largest absolute Gasteiger partial charge is 0.326 e. The van der Waals surface area contributed by atoms with Crippen LogP contribution < -0.4 is 11.3 Å². The molecule has 1 aliphatic heterocycles. The molecule has 2 heterocycles. The minimum atomic E-state index is -0.640. The molecule has 0 saturated carbocycles. The third kappa shape index (κ3) is 4.32. The molecule has 0 radical (unpaired) electrons. The maximum atomic E-state index is 14.4. The van der Waals surface area contributed by atoms with Gasteiger partial charge in [-0.15, -0.1) is 0 Å². The Morgan fingerprint density at radius 1 is 1.09 bits per heavy atom. The summed E-state index contributed by atoms with van der Waals surface area (Å²) in [6, 6.07) is 14.8. The summed E-state index contributed by atoms with van der Waals surface area (Å²) in [5.74, 6) is -0.357. The second kappa shape index (κ2) is 9.29. The number of nitrogens with zero attached hydrogens (tertiary/aromatic N) is 3. The van der Waals surface area contributed by atoms with E-state index in [1.807, 2.05) is 12.1 Å². The monoisotopic (exact) mass is 516 g/mol. The summed E-state index contributed by atoms with van der Waals surface area (Å²) in [7, 11) is 0. The van der Waals surface area contributed by atoms with Gasteiger partial charge in [-0.05, 0) is 54.4 Å². The van der Waals surface area contributed by atoms with Gasteiger partial charge < -0.3 is 5.73 Å². The molecule has 3 aromatic carbocycles. The third-order valence-corrected chi connectivity index (χ3v) is 7.00. The van der Waals surface area contributed by atoms with Gasteiger partial charge in [0.2, 0.25) is 0 Å². The van der Waals surface area contributed by atoms with Crippen LogP contribution >= 0.6 is 34.8 Å². The van der Waals surface area contributed by atoms with Crippen molar-refractivity contribution < 1.29 is 4.39 Å².